The van der Waals surface area contributed by atoms with Crippen LogP contribution in [0.2, 0.25) is 0 Å². The highest BCUT2D eigenvalue weighted by molar-refractivity contribution is 9.10. The summed E-state index contributed by atoms with van der Waals surface area (Å²) in [7, 11) is 1.44. The third kappa shape index (κ3) is 3.41. The highest BCUT2D eigenvalue weighted by Gasteiger charge is 2.16. The highest BCUT2D eigenvalue weighted by atomic mass is 79.9. The lowest BCUT2D eigenvalue weighted by molar-refractivity contribution is 0.0697. The Balaban J connectivity index is 2.33. The Morgan fingerprint density at radius 1 is 1.14 bits per heavy atom. The number of carboxylic acids is 1. The molecule has 0 heterocycles. The third-order valence-corrected chi connectivity index (χ3v) is 3.52. The topological polar surface area (TPSA) is 75.6 Å². The third-order valence-electron chi connectivity index (χ3n) is 2.82. The number of aromatic carboxylic acids is 1. The molecule has 6 heteroatoms. The Bertz CT molecular complexity index is 700. The maximum absolute atomic E-state index is 12.2. The van der Waals surface area contributed by atoms with Gasteiger partial charge in [-0.2, -0.15) is 0 Å². The monoisotopic (exact) mass is 349 g/mol. The predicted octanol–water partition coefficient (Wildman–Crippen LogP) is 3.41. The molecule has 0 spiro atoms. The Labute approximate surface area is 129 Å². The minimum absolute atomic E-state index is 0.0326. The van der Waals surface area contributed by atoms with E-state index in [-0.39, 0.29) is 11.3 Å². The summed E-state index contributed by atoms with van der Waals surface area (Å²) in [6.45, 7) is 0. The van der Waals surface area contributed by atoms with E-state index in [0.29, 0.717) is 15.8 Å². The SMILES string of the molecule is COc1ccc(NC(=O)c2ccccc2Br)c(C(=O)O)c1. The standard InChI is InChI=1S/C15H12BrNO4/c1-21-9-6-7-13(11(8-9)15(19)20)17-14(18)10-4-2-3-5-12(10)16/h2-8H,1H3,(H,17,18)(H,19,20). The molecule has 0 saturated heterocycles. The van der Waals surface area contributed by atoms with Gasteiger partial charge in [0.05, 0.1) is 23.9 Å². The van der Waals surface area contributed by atoms with E-state index >= 15 is 0 Å². The lowest BCUT2D eigenvalue weighted by Crippen LogP contribution is -2.15. The molecule has 21 heavy (non-hydrogen) atoms. The zero-order valence-electron chi connectivity index (χ0n) is 11.1. The van der Waals surface area contributed by atoms with Crippen molar-refractivity contribution < 1.29 is 19.4 Å². The fraction of sp³-hybridized carbons (Fsp3) is 0.0667. The van der Waals surface area contributed by atoms with Crippen molar-refractivity contribution in [2.24, 2.45) is 0 Å². The Morgan fingerprint density at radius 2 is 1.86 bits per heavy atom. The fourth-order valence-corrected chi connectivity index (χ4v) is 2.24. The fourth-order valence-electron chi connectivity index (χ4n) is 1.77. The van der Waals surface area contributed by atoms with Crippen LogP contribution in [0.4, 0.5) is 5.69 Å². The number of carbonyl (C=O) groups is 2. The molecule has 1 amide bonds. The second kappa shape index (κ2) is 6.41. The number of carboxylic acid groups (broad SMARTS) is 1. The van der Waals surface area contributed by atoms with Gasteiger partial charge in [0, 0.05) is 4.47 Å². The van der Waals surface area contributed by atoms with E-state index in [4.69, 9.17) is 4.74 Å². The second-order valence-electron chi connectivity index (χ2n) is 4.15. The minimum atomic E-state index is -1.14. The lowest BCUT2D eigenvalue weighted by atomic mass is 10.1. The van der Waals surface area contributed by atoms with E-state index in [1.807, 2.05) is 0 Å². The van der Waals surface area contributed by atoms with Crippen molar-refractivity contribution in [2.45, 2.75) is 0 Å². The molecule has 0 aliphatic rings. The number of amides is 1. The van der Waals surface area contributed by atoms with E-state index in [9.17, 15) is 14.7 Å². The van der Waals surface area contributed by atoms with E-state index in [2.05, 4.69) is 21.2 Å². The Hall–Kier alpha value is -2.34. The van der Waals surface area contributed by atoms with Crippen LogP contribution < -0.4 is 10.1 Å². The van der Waals surface area contributed by atoms with Crippen molar-refractivity contribution >= 4 is 33.5 Å². The largest absolute Gasteiger partial charge is 0.497 e. The van der Waals surface area contributed by atoms with E-state index < -0.39 is 11.9 Å². The average Bonchev–Trinajstić information content (AvgIpc) is 2.47. The summed E-state index contributed by atoms with van der Waals surface area (Å²) in [6.07, 6.45) is 0. The molecule has 0 radical (unpaired) electrons. The number of rotatable bonds is 4. The number of hydrogen-bond donors (Lipinski definition) is 2. The first-order chi connectivity index (χ1) is 10.0. The number of ether oxygens (including phenoxy) is 1. The van der Waals surface area contributed by atoms with Crippen LogP contribution in [0.5, 0.6) is 5.75 Å². The molecule has 0 bridgehead atoms. The van der Waals surface area contributed by atoms with Crippen molar-refractivity contribution in [3.63, 3.8) is 0 Å². The quantitative estimate of drug-likeness (QED) is 0.886. The molecule has 0 aliphatic heterocycles. The molecule has 2 aromatic carbocycles. The molecule has 0 aliphatic carbocycles. The van der Waals surface area contributed by atoms with Crippen LogP contribution in [0.15, 0.2) is 46.9 Å². The van der Waals surface area contributed by atoms with Crippen molar-refractivity contribution in [1.82, 2.24) is 0 Å². The number of benzene rings is 2. The molecular weight excluding hydrogens is 338 g/mol. The number of nitrogens with one attached hydrogen (secondary N) is 1. The Morgan fingerprint density at radius 3 is 2.48 bits per heavy atom. The predicted molar refractivity (Wildman–Crippen MR) is 82.0 cm³/mol. The van der Waals surface area contributed by atoms with Crippen molar-refractivity contribution in [2.75, 3.05) is 12.4 Å². The van der Waals surface area contributed by atoms with Gasteiger partial charge < -0.3 is 15.2 Å². The number of hydrogen-bond acceptors (Lipinski definition) is 3. The van der Waals surface area contributed by atoms with E-state index in [1.54, 1.807) is 30.3 Å². The summed E-state index contributed by atoms with van der Waals surface area (Å²) in [5.74, 6) is -1.13. The molecule has 0 saturated carbocycles. The first kappa shape index (κ1) is 15.1. The molecule has 0 aromatic heterocycles. The minimum Gasteiger partial charge on any atom is -0.497 e. The first-order valence-corrected chi connectivity index (χ1v) is 6.79. The van der Waals surface area contributed by atoms with Crippen molar-refractivity contribution in [1.29, 1.82) is 0 Å². The molecular formula is C15H12BrNO4. The summed E-state index contributed by atoms with van der Waals surface area (Å²) in [4.78, 5) is 23.5. The van der Waals surface area contributed by atoms with Gasteiger partial charge >= 0.3 is 5.97 Å². The molecule has 108 valence electrons. The van der Waals surface area contributed by atoms with Crippen LogP contribution in [0.3, 0.4) is 0 Å². The Kier molecular flexibility index (Phi) is 4.59. The van der Waals surface area contributed by atoms with Crippen LogP contribution in [0.1, 0.15) is 20.7 Å². The average molecular weight is 350 g/mol. The van der Waals surface area contributed by atoms with Gasteiger partial charge in [-0.05, 0) is 46.3 Å². The maximum Gasteiger partial charge on any atom is 0.337 e. The van der Waals surface area contributed by atoms with Crippen LogP contribution in [-0.4, -0.2) is 24.1 Å². The maximum atomic E-state index is 12.2. The number of methoxy groups -OCH3 is 1. The van der Waals surface area contributed by atoms with Gasteiger partial charge in [-0.15, -0.1) is 0 Å². The van der Waals surface area contributed by atoms with E-state index in [1.165, 1.54) is 19.2 Å². The van der Waals surface area contributed by atoms with Crippen molar-refractivity contribution in [3.05, 3.63) is 58.1 Å². The lowest BCUT2D eigenvalue weighted by Gasteiger charge is -2.11. The summed E-state index contributed by atoms with van der Waals surface area (Å²) in [6, 6.07) is 11.3. The summed E-state index contributed by atoms with van der Waals surface area (Å²) in [5, 5.41) is 11.8. The summed E-state index contributed by atoms with van der Waals surface area (Å²) in [5.41, 5.74) is 0.600. The van der Waals surface area contributed by atoms with Gasteiger partial charge in [-0.25, -0.2) is 4.79 Å². The van der Waals surface area contributed by atoms with Crippen LogP contribution in [-0.2, 0) is 0 Å². The zero-order valence-corrected chi connectivity index (χ0v) is 12.7. The second-order valence-corrected chi connectivity index (χ2v) is 5.00. The molecule has 0 atom stereocenters. The molecule has 5 nitrogen and oxygen atoms in total. The van der Waals surface area contributed by atoms with Crippen LogP contribution in [0.25, 0.3) is 0 Å². The van der Waals surface area contributed by atoms with E-state index in [0.717, 1.165) is 0 Å². The molecule has 2 rings (SSSR count). The zero-order chi connectivity index (χ0) is 15.4. The van der Waals surface area contributed by atoms with Crippen molar-refractivity contribution in [3.8, 4) is 5.75 Å². The number of anilines is 1. The number of carbonyl (C=O) groups excluding carboxylic acids is 1. The van der Waals surface area contributed by atoms with Crippen LogP contribution >= 0.6 is 15.9 Å². The first-order valence-electron chi connectivity index (χ1n) is 6.00. The van der Waals surface area contributed by atoms with Gasteiger partial charge in [0.15, 0.2) is 0 Å². The van der Waals surface area contributed by atoms with Crippen LogP contribution in [0, 0.1) is 0 Å². The molecule has 0 fully saturated rings. The smallest absolute Gasteiger partial charge is 0.337 e. The van der Waals surface area contributed by atoms with Gasteiger partial charge in [0.25, 0.3) is 5.91 Å². The van der Waals surface area contributed by atoms with Gasteiger partial charge in [0.1, 0.15) is 5.75 Å². The summed E-state index contributed by atoms with van der Waals surface area (Å²) < 4.78 is 5.62. The molecule has 2 aromatic rings. The van der Waals surface area contributed by atoms with Gasteiger partial charge in [0.2, 0.25) is 0 Å². The van der Waals surface area contributed by atoms with Gasteiger partial charge in [-0.3, -0.25) is 4.79 Å². The summed E-state index contributed by atoms with van der Waals surface area (Å²) >= 11 is 3.28. The molecule has 0 unspecified atom stereocenters. The normalized spacial score (nSPS) is 10.0. The van der Waals surface area contributed by atoms with Gasteiger partial charge in [-0.1, -0.05) is 12.1 Å². The molecule has 2 N–H and O–H groups in total. The number of halogens is 1. The highest BCUT2D eigenvalue weighted by Crippen LogP contribution is 2.24.